The van der Waals surface area contributed by atoms with Crippen LogP contribution in [0.4, 0.5) is 5.69 Å². The van der Waals surface area contributed by atoms with E-state index in [0.717, 1.165) is 17.5 Å². The summed E-state index contributed by atoms with van der Waals surface area (Å²) < 4.78 is 27.7. The highest BCUT2D eigenvalue weighted by atomic mass is 32.2. The zero-order valence-electron chi connectivity index (χ0n) is 17.2. The number of anilines is 1. The highest BCUT2D eigenvalue weighted by molar-refractivity contribution is 7.89. The Bertz CT molecular complexity index is 1080. The number of hydrogen-bond donors (Lipinski definition) is 1. The first-order chi connectivity index (χ1) is 14.4. The molecule has 3 aromatic carbocycles. The lowest BCUT2D eigenvalue weighted by Crippen LogP contribution is -2.37. The van der Waals surface area contributed by atoms with Gasteiger partial charge in [0.1, 0.15) is 0 Å². The minimum Gasteiger partial charge on any atom is -0.325 e. The van der Waals surface area contributed by atoms with Gasteiger partial charge in [0.15, 0.2) is 0 Å². The maximum Gasteiger partial charge on any atom is 0.243 e. The standard InChI is InChI=1S/C24H26N2O3S/c1-3-20-11-13-22(14-12-20)25-24(27)18-26(17-21-7-5-4-6-8-21)30(28,29)23-15-9-19(2)10-16-23/h4-16H,3,17-18H2,1-2H3,(H,25,27). The third kappa shape index (κ3) is 5.55. The van der Waals surface area contributed by atoms with Gasteiger partial charge in [0.2, 0.25) is 15.9 Å². The van der Waals surface area contributed by atoms with Gasteiger partial charge in [0.05, 0.1) is 11.4 Å². The van der Waals surface area contributed by atoms with Crippen molar-refractivity contribution in [1.82, 2.24) is 4.31 Å². The summed E-state index contributed by atoms with van der Waals surface area (Å²) in [6.45, 7) is 3.79. The van der Waals surface area contributed by atoms with Crippen LogP contribution in [0.25, 0.3) is 0 Å². The van der Waals surface area contributed by atoms with Gasteiger partial charge in [-0.2, -0.15) is 4.31 Å². The summed E-state index contributed by atoms with van der Waals surface area (Å²) in [6, 6.07) is 23.5. The molecule has 0 aliphatic carbocycles. The van der Waals surface area contributed by atoms with Crippen LogP contribution in [0.3, 0.4) is 0 Å². The molecule has 0 bridgehead atoms. The second-order valence-electron chi connectivity index (χ2n) is 7.17. The Hall–Kier alpha value is -2.96. The van der Waals surface area contributed by atoms with Crippen LogP contribution in [0.1, 0.15) is 23.6 Å². The van der Waals surface area contributed by atoms with Gasteiger partial charge in [-0.1, -0.05) is 67.1 Å². The summed E-state index contributed by atoms with van der Waals surface area (Å²) in [5.74, 6) is -0.383. The second-order valence-corrected chi connectivity index (χ2v) is 9.11. The van der Waals surface area contributed by atoms with Crippen LogP contribution in [0.15, 0.2) is 83.8 Å². The summed E-state index contributed by atoms with van der Waals surface area (Å²) in [5.41, 5.74) is 3.59. The molecule has 0 aliphatic rings. The monoisotopic (exact) mass is 422 g/mol. The summed E-state index contributed by atoms with van der Waals surface area (Å²) in [4.78, 5) is 12.9. The van der Waals surface area contributed by atoms with Gasteiger partial charge in [-0.3, -0.25) is 4.79 Å². The van der Waals surface area contributed by atoms with Crippen LogP contribution >= 0.6 is 0 Å². The van der Waals surface area contributed by atoms with Crippen molar-refractivity contribution in [1.29, 1.82) is 0 Å². The molecule has 1 N–H and O–H groups in total. The van der Waals surface area contributed by atoms with Gasteiger partial charge < -0.3 is 5.32 Å². The fourth-order valence-electron chi connectivity index (χ4n) is 3.06. The van der Waals surface area contributed by atoms with Crippen molar-refractivity contribution >= 4 is 21.6 Å². The van der Waals surface area contributed by atoms with Gasteiger partial charge in [-0.05, 0) is 48.7 Å². The minimum absolute atomic E-state index is 0.110. The number of sulfonamides is 1. The average Bonchev–Trinajstić information content (AvgIpc) is 2.75. The van der Waals surface area contributed by atoms with E-state index in [0.29, 0.717) is 5.69 Å². The predicted octanol–water partition coefficient (Wildman–Crippen LogP) is 4.39. The number of nitrogens with zero attached hydrogens (tertiary/aromatic N) is 1. The molecule has 1 amide bonds. The fourth-order valence-corrected chi connectivity index (χ4v) is 4.44. The van der Waals surface area contributed by atoms with Crippen molar-refractivity contribution in [2.24, 2.45) is 0 Å². The van der Waals surface area contributed by atoms with Crippen LogP contribution in [-0.4, -0.2) is 25.2 Å². The molecule has 3 rings (SSSR count). The van der Waals surface area contributed by atoms with Gasteiger partial charge >= 0.3 is 0 Å². The quantitative estimate of drug-likeness (QED) is 0.586. The van der Waals surface area contributed by atoms with Crippen molar-refractivity contribution in [2.75, 3.05) is 11.9 Å². The second kappa shape index (κ2) is 9.69. The van der Waals surface area contributed by atoms with Crippen LogP contribution in [0.2, 0.25) is 0 Å². The molecule has 0 radical (unpaired) electrons. The van der Waals surface area contributed by atoms with Crippen LogP contribution in [-0.2, 0) is 27.8 Å². The van der Waals surface area contributed by atoms with E-state index in [1.807, 2.05) is 61.5 Å². The molecule has 0 unspecified atom stereocenters. The fraction of sp³-hybridized carbons (Fsp3) is 0.208. The van der Waals surface area contributed by atoms with Gasteiger partial charge in [0.25, 0.3) is 0 Å². The molecular weight excluding hydrogens is 396 g/mol. The molecule has 156 valence electrons. The molecule has 0 atom stereocenters. The first kappa shape index (κ1) is 21.7. The molecule has 0 spiro atoms. The molecule has 0 saturated heterocycles. The van der Waals surface area contributed by atoms with E-state index in [2.05, 4.69) is 12.2 Å². The number of aryl methyl sites for hydroxylation is 2. The number of carbonyl (C=O) groups excluding carboxylic acids is 1. The number of benzene rings is 3. The van der Waals surface area contributed by atoms with Crippen molar-refractivity contribution < 1.29 is 13.2 Å². The van der Waals surface area contributed by atoms with E-state index >= 15 is 0 Å². The summed E-state index contributed by atoms with van der Waals surface area (Å²) in [6.07, 6.45) is 0.911. The third-order valence-corrected chi connectivity index (χ3v) is 6.63. The average molecular weight is 423 g/mol. The van der Waals surface area contributed by atoms with Crippen molar-refractivity contribution in [3.63, 3.8) is 0 Å². The highest BCUT2D eigenvalue weighted by Crippen LogP contribution is 2.19. The van der Waals surface area contributed by atoms with Gasteiger partial charge in [0, 0.05) is 12.2 Å². The van der Waals surface area contributed by atoms with E-state index in [1.54, 1.807) is 24.3 Å². The SMILES string of the molecule is CCc1ccc(NC(=O)CN(Cc2ccccc2)S(=O)(=O)c2ccc(C)cc2)cc1. The van der Waals surface area contributed by atoms with Crippen LogP contribution < -0.4 is 5.32 Å². The number of nitrogens with one attached hydrogen (secondary N) is 1. The Labute approximate surface area is 178 Å². The smallest absolute Gasteiger partial charge is 0.243 e. The van der Waals surface area contributed by atoms with E-state index in [-0.39, 0.29) is 23.9 Å². The normalized spacial score (nSPS) is 11.4. The zero-order chi connectivity index (χ0) is 21.6. The van der Waals surface area contributed by atoms with Crippen molar-refractivity contribution in [2.45, 2.75) is 31.7 Å². The third-order valence-electron chi connectivity index (χ3n) is 4.83. The zero-order valence-corrected chi connectivity index (χ0v) is 18.0. The Morgan fingerprint density at radius 1 is 0.867 bits per heavy atom. The first-order valence-electron chi connectivity index (χ1n) is 9.88. The molecule has 0 aromatic heterocycles. The lowest BCUT2D eigenvalue weighted by molar-refractivity contribution is -0.116. The van der Waals surface area contributed by atoms with Crippen LogP contribution in [0.5, 0.6) is 0 Å². The lowest BCUT2D eigenvalue weighted by Gasteiger charge is -2.22. The summed E-state index contributed by atoms with van der Waals surface area (Å²) in [5, 5.41) is 2.80. The highest BCUT2D eigenvalue weighted by Gasteiger charge is 2.27. The molecule has 30 heavy (non-hydrogen) atoms. The maximum atomic E-state index is 13.3. The topological polar surface area (TPSA) is 66.5 Å². The molecule has 0 aliphatic heterocycles. The molecule has 0 fully saturated rings. The molecule has 6 heteroatoms. The van der Waals surface area contributed by atoms with Crippen molar-refractivity contribution in [3.8, 4) is 0 Å². The number of amides is 1. The van der Waals surface area contributed by atoms with E-state index < -0.39 is 10.0 Å². The summed E-state index contributed by atoms with van der Waals surface area (Å²) >= 11 is 0. The number of carbonyl (C=O) groups is 1. The Kier molecular flexibility index (Phi) is 7.03. The Morgan fingerprint density at radius 3 is 2.10 bits per heavy atom. The van der Waals surface area contributed by atoms with E-state index in [9.17, 15) is 13.2 Å². The molecule has 5 nitrogen and oxygen atoms in total. The van der Waals surface area contributed by atoms with Crippen molar-refractivity contribution in [3.05, 3.63) is 95.6 Å². The van der Waals surface area contributed by atoms with Gasteiger partial charge in [-0.15, -0.1) is 0 Å². The number of hydrogen-bond acceptors (Lipinski definition) is 3. The van der Waals surface area contributed by atoms with E-state index in [1.165, 1.54) is 9.87 Å². The Morgan fingerprint density at radius 2 is 1.50 bits per heavy atom. The van der Waals surface area contributed by atoms with Crippen LogP contribution in [0, 0.1) is 6.92 Å². The Balaban J connectivity index is 1.83. The summed E-state index contributed by atoms with van der Waals surface area (Å²) in [7, 11) is -3.84. The maximum absolute atomic E-state index is 13.3. The molecule has 0 saturated carbocycles. The first-order valence-corrected chi connectivity index (χ1v) is 11.3. The molecular formula is C24H26N2O3S. The predicted molar refractivity (Wildman–Crippen MR) is 120 cm³/mol. The largest absolute Gasteiger partial charge is 0.325 e. The van der Waals surface area contributed by atoms with E-state index in [4.69, 9.17) is 0 Å². The number of rotatable bonds is 8. The lowest BCUT2D eigenvalue weighted by atomic mass is 10.1. The van der Waals surface area contributed by atoms with Gasteiger partial charge in [-0.25, -0.2) is 8.42 Å². The molecule has 0 heterocycles. The minimum atomic E-state index is -3.84. The molecule has 3 aromatic rings.